The normalized spacial score (nSPS) is 20.4. The van der Waals surface area contributed by atoms with Gasteiger partial charge in [0.25, 0.3) is 5.56 Å². The van der Waals surface area contributed by atoms with Crippen LogP contribution >= 0.6 is 0 Å². The Balaban J connectivity index is 1.73. The molecule has 0 aromatic carbocycles. The number of aryl methyl sites for hydroxylation is 1. The molecule has 5 heteroatoms. The van der Waals surface area contributed by atoms with Crippen LogP contribution in [0.4, 0.5) is 5.82 Å². The van der Waals surface area contributed by atoms with Crippen molar-refractivity contribution in [2.45, 2.75) is 45.6 Å². The Morgan fingerprint density at radius 2 is 2.37 bits per heavy atom. The molecule has 0 saturated carbocycles. The van der Waals surface area contributed by atoms with Crippen molar-refractivity contribution in [2.75, 3.05) is 25.0 Å². The van der Waals surface area contributed by atoms with Crippen LogP contribution in [0.2, 0.25) is 0 Å². The highest BCUT2D eigenvalue weighted by molar-refractivity contribution is 5.32. The molecule has 0 spiro atoms. The van der Waals surface area contributed by atoms with Crippen LogP contribution in [0.5, 0.6) is 0 Å². The minimum atomic E-state index is -0.0975. The average molecular weight is 264 g/mol. The van der Waals surface area contributed by atoms with Crippen molar-refractivity contribution in [3.63, 3.8) is 0 Å². The molecular weight excluding hydrogens is 240 g/mol. The zero-order valence-electron chi connectivity index (χ0n) is 11.9. The molecule has 1 atom stereocenters. The van der Waals surface area contributed by atoms with E-state index in [0.29, 0.717) is 17.7 Å². The van der Waals surface area contributed by atoms with Gasteiger partial charge in [-0.05, 0) is 39.7 Å². The van der Waals surface area contributed by atoms with Crippen molar-refractivity contribution in [3.05, 3.63) is 22.2 Å². The topological polar surface area (TPSA) is 61.0 Å². The zero-order valence-corrected chi connectivity index (χ0v) is 11.9. The minimum absolute atomic E-state index is 0.0975. The summed E-state index contributed by atoms with van der Waals surface area (Å²) in [5.41, 5.74) is -0.0975. The number of aromatic nitrogens is 2. The van der Waals surface area contributed by atoms with Crippen LogP contribution in [-0.4, -0.2) is 40.5 Å². The number of likely N-dealkylation sites (tertiary alicyclic amines) is 1. The third-order valence-corrected chi connectivity index (χ3v) is 3.73. The van der Waals surface area contributed by atoms with Crippen LogP contribution in [0.25, 0.3) is 0 Å². The van der Waals surface area contributed by atoms with Gasteiger partial charge < -0.3 is 15.2 Å². The Morgan fingerprint density at radius 3 is 3.11 bits per heavy atom. The second-order valence-corrected chi connectivity index (χ2v) is 5.38. The van der Waals surface area contributed by atoms with E-state index in [4.69, 9.17) is 0 Å². The van der Waals surface area contributed by atoms with Crippen molar-refractivity contribution >= 4 is 5.82 Å². The van der Waals surface area contributed by atoms with Gasteiger partial charge in [-0.2, -0.15) is 0 Å². The summed E-state index contributed by atoms with van der Waals surface area (Å²) in [4.78, 5) is 20.7. The maximum absolute atomic E-state index is 11.3. The third kappa shape index (κ3) is 4.35. The molecule has 0 radical (unpaired) electrons. The van der Waals surface area contributed by atoms with Gasteiger partial charge in [0.1, 0.15) is 11.6 Å². The second-order valence-electron chi connectivity index (χ2n) is 5.38. The number of hydrogen-bond donors (Lipinski definition) is 2. The number of rotatable bonds is 5. The lowest BCUT2D eigenvalue weighted by atomic mass is 10.0. The van der Waals surface area contributed by atoms with E-state index in [1.165, 1.54) is 31.9 Å². The van der Waals surface area contributed by atoms with E-state index >= 15 is 0 Å². The van der Waals surface area contributed by atoms with Crippen molar-refractivity contribution < 1.29 is 0 Å². The van der Waals surface area contributed by atoms with Gasteiger partial charge in [0.05, 0.1) is 0 Å². The summed E-state index contributed by atoms with van der Waals surface area (Å²) in [6, 6.07) is 2.23. The summed E-state index contributed by atoms with van der Waals surface area (Å²) in [7, 11) is 0. The van der Waals surface area contributed by atoms with Crippen LogP contribution in [0.3, 0.4) is 0 Å². The number of anilines is 1. The van der Waals surface area contributed by atoms with E-state index in [9.17, 15) is 4.79 Å². The highest BCUT2D eigenvalue weighted by Crippen LogP contribution is 2.16. The van der Waals surface area contributed by atoms with Gasteiger partial charge in [-0.15, -0.1) is 0 Å². The van der Waals surface area contributed by atoms with Gasteiger partial charge in [-0.1, -0.05) is 6.42 Å². The van der Waals surface area contributed by atoms with Crippen LogP contribution in [0.1, 0.15) is 38.4 Å². The first-order chi connectivity index (χ1) is 9.15. The number of hydrogen-bond acceptors (Lipinski definition) is 4. The van der Waals surface area contributed by atoms with Crippen molar-refractivity contribution in [1.82, 2.24) is 14.9 Å². The van der Waals surface area contributed by atoms with E-state index in [-0.39, 0.29) is 5.56 Å². The van der Waals surface area contributed by atoms with E-state index in [1.807, 2.05) is 0 Å². The molecule has 5 nitrogen and oxygen atoms in total. The molecule has 1 aromatic heterocycles. The van der Waals surface area contributed by atoms with Crippen LogP contribution in [0.15, 0.2) is 10.9 Å². The fraction of sp³-hybridized carbons (Fsp3) is 0.714. The first-order valence-electron chi connectivity index (χ1n) is 7.21. The van der Waals surface area contributed by atoms with Gasteiger partial charge >= 0.3 is 0 Å². The molecular formula is C14H24N4O. The Hall–Kier alpha value is -1.36. The Morgan fingerprint density at radius 1 is 1.53 bits per heavy atom. The highest BCUT2D eigenvalue weighted by atomic mass is 16.1. The first kappa shape index (κ1) is 14.1. The Labute approximate surface area is 114 Å². The standard InChI is InChI=1S/C14H24N4O/c1-11-6-3-4-8-18(11)9-5-7-15-13-10-14(19)17-12(2)16-13/h10-11H,3-9H2,1-2H3,(H2,15,16,17,19). The molecule has 2 rings (SSSR count). The van der Waals surface area contributed by atoms with Crippen LogP contribution < -0.4 is 10.9 Å². The van der Waals surface area contributed by atoms with Crippen LogP contribution in [-0.2, 0) is 0 Å². The molecule has 1 aromatic rings. The van der Waals surface area contributed by atoms with Gasteiger partial charge in [0.2, 0.25) is 0 Å². The largest absolute Gasteiger partial charge is 0.370 e. The molecule has 1 unspecified atom stereocenters. The summed E-state index contributed by atoms with van der Waals surface area (Å²) >= 11 is 0. The number of aromatic amines is 1. The summed E-state index contributed by atoms with van der Waals surface area (Å²) in [5.74, 6) is 1.33. The summed E-state index contributed by atoms with van der Waals surface area (Å²) in [6.07, 6.45) is 5.10. The van der Waals surface area contributed by atoms with E-state index in [0.717, 1.165) is 19.5 Å². The SMILES string of the molecule is Cc1nc(NCCCN2CCCCC2C)cc(=O)[nH]1. The maximum Gasteiger partial charge on any atom is 0.252 e. The lowest BCUT2D eigenvalue weighted by molar-refractivity contribution is 0.160. The van der Waals surface area contributed by atoms with Crippen molar-refractivity contribution in [1.29, 1.82) is 0 Å². The van der Waals surface area contributed by atoms with Crippen molar-refractivity contribution in [2.24, 2.45) is 0 Å². The van der Waals surface area contributed by atoms with Gasteiger partial charge in [-0.25, -0.2) is 4.98 Å². The van der Waals surface area contributed by atoms with Crippen LogP contribution in [0, 0.1) is 6.92 Å². The molecule has 2 N–H and O–H groups in total. The summed E-state index contributed by atoms with van der Waals surface area (Å²) < 4.78 is 0. The predicted molar refractivity (Wildman–Crippen MR) is 77.6 cm³/mol. The highest BCUT2D eigenvalue weighted by Gasteiger charge is 2.16. The van der Waals surface area contributed by atoms with E-state index < -0.39 is 0 Å². The Bertz CT molecular complexity index is 457. The fourth-order valence-electron chi connectivity index (χ4n) is 2.66. The molecule has 1 fully saturated rings. The lowest BCUT2D eigenvalue weighted by Crippen LogP contribution is -2.38. The average Bonchev–Trinajstić information content (AvgIpc) is 2.35. The molecule has 1 aliphatic rings. The molecule has 1 aliphatic heterocycles. The zero-order chi connectivity index (χ0) is 13.7. The fourth-order valence-corrected chi connectivity index (χ4v) is 2.66. The second kappa shape index (κ2) is 6.70. The monoisotopic (exact) mass is 264 g/mol. The number of piperidine rings is 1. The summed E-state index contributed by atoms with van der Waals surface area (Å²) in [6.45, 7) is 7.31. The molecule has 1 saturated heterocycles. The number of H-pyrrole nitrogens is 1. The lowest BCUT2D eigenvalue weighted by Gasteiger charge is -2.33. The number of nitrogens with one attached hydrogen (secondary N) is 2. The first-order valence-corrected chi connectivity index (χ1v) is 7.21. The smallest absolute Gasteiger partial charge is 0.252 e. The van der Waals surface area contributed by atoms with Gasteiger partial charge in [0, 0.05) is 25.2 Å². The number of nitrogens with zero attached hydrogens (tertiary/aromatic N) is 2. The van der Waals surface area contributed by atoms with Gasteiger partial charge in [0.15, 0.2) is 0 Å². The molecule has 106 valence electrons. The Kier molecular flexibility index (Phi) is 4.96. The molecule has 0 aliphatic carbocycles. The molecule has 0 amide bonds. The minimum Gasteiger partial charge on any atom is -0.370 e. The quantitative estimate of drug-likeness (QED) is 0.796. The molecule has 19 heavy (non-hydrogen) atoms. The van der Waals surface area contributed by atoms with E-state index in [1.54, 1.807) is 6.92 Å². The van der Waals surface area contributed by atoms with E-state index in [2.05, 4.69) is 27.1 Å². The third-order valence-electron chi connectivity index (χ3n) is 3.73. The maximum atomic E-state index is 11.3. The van der Waals surface area contributed by atoms with Crippen molar-refractivity contribution in [3.8, 4) is 0 Å². The molecule has 2 heterocycles. The van der Waals surface area contributed by atoms with Gasteiger partial charge in [-0.3, -0.25) is 4.79 Å². The molecule has 0 bridgehead atoms. The predicted octanol–water partition coefficient (Wildman–Crippen LogP) is 1.75. The summed E-state index contributed by atoms with van der Waals surface area (Å²) in [5, 5.41) is 3.22.